The van der Waals surface area contributed by atoms with Crippen molar-refractivity contribution in [3.8, 4) is 5.69 Å². The Kier molecular flexibility index (Phi) is 6.26. The van der Waals surface area contributed by atoms with Crippen LogP contribution in [0.3, 0.4) is 0 Å². The molecule has 0 saturated carbocycles. The Morgan fingerprint density at radius 1 is 0.969 bits per heavy atom. The maximum absolute atomic E-state index is 13.2. The monoisotopic (exact) mass is 434 g/mol. The molecule has 170 valence electrons. The molecule has 0 amide bonds. The van der Waals surface area contributed by atoms with E-state index in [4.69, 9.17) is 0 Å². The number of piperazine rings is 1. The minimum absolute atomic E-state index is 0.0319. The molecule has 0 bridgehead atoms. The van der Waals surface area contributed by atoms with Crippen molar-refractivity contribution in [1.29, 1.82) is 0 Å². The van der Waals surface area contributed by atoms with Gasteiger partial charge in [-0.2, -0.15) is 0 Å². The van der Waals surface area contributed by atoms with Gasteiger partial charge >= 0.3 is 5.69 Å². The summed E-state index contributed by atoms with van der Waals surface area (Å²) in [7, 11) is 2.17. The number of para-hydroxylation sites is 1. The standard InChI is InChI=1S/C26H34N4O2/c1-20-19-29(25(31)30(20)23-11-9-22(10-12-23)26(2,3)32)14-13-21-7-5-6-8-24(21)28-17-15-27(4)16-18-28/h5-12,19,32H,13-18H2,1-4H3. The number of aliphatic hydroxyl groups is 1. The Morgan fingerprint density at radius 3 is 2.28 bits per heavy atom. The van der Waals surface area contributed by atoms with Gasteiger partial charge in [0.2, 0.25) is 0 Å². The van der Waals surface area contributed by atoms with Gasteiger partial charge in [-0.3, -0.25) is 9.13 Å². The van der Waals surface area contributed by atoms with Crippen LogP contribution >= 0.6 is 0 Å². The molecule has 1 aliphatic heterocycles. The highest BCUT2D eigenvalue weighted by Crippen LogP contribution is 2.23. The molecule has 6 nitrogen and oxygen atoms in total. The molecule has 4 rings (SSSR count). The second-order valence-corrected chi connectivity index (χ2v) is 9.36. The Bertz CT molecular complexity index is 1110. The molecule has 0 spiro atoms. The topological polar surface area (TPSA) is 53.6 Å². The van der Waals surface area contributed by atoms with Crippen LogP contribution in [-0.4, -0.2) is 52.4 Å². The lowest BCUT2D eigenvalue weighted by Gasteiger charge is -2.35. The van der Waals surface area contributed by atoms with E-state index >= 15 is 0 Å². The zero-order valence-electron chi connectivity index (χ0n) is 19.6. The zero-order chi connectivity index (χ0) is 22.9. The van der Waals surface area contributed by atoms with Gasteiger partial charge in [-0.1, -0.05) is 30.3 Å². The van der Waals surface area contributed by atoms with Gasteiger partial charge in [-0.25, -0.2) is 4.79 Å². The molecule has 2 heterocycles. The van der Waals surface area contributed by atoms with Crippen LogP contribution in [0, 0.1) is 6.92 Å². The van der Waals surface area contributed by atoms with E-state index in [0.717, 1.165) is 49.5 Å². The van der Waals surface area contributed by atoms with Gasteiger partial charge in [0.15, 0.2) is 0 Å². The van der Waals surface area contributed by atoms with Gasteiger partial charge in [-0.05, 0) is 63.6 Å². The lowest BCUT2D eigenvalue weighted by Crippen LogP contribution is -2.44. The van der Waals surface area contributed by atoms with Gasteiger partial charge in [-0.15, -0.1) is 0 Å². The third-order valence-corrected chi connectivity index (χ3v) is 6.42. The first-order valence-electron chi connectivity index (χ1n) is 11.4. The number of likely N-dealkylation sites (N-methyl/N-ethyl adjacent to an activating group) is 1. The number of aryl methyl sites for hydroxylation is 3. The molecule has 2 aromatic carbocycles. The van der Waals surface area contributed by atoms with Crippen LogP contribution in [0.5, 0.6) is 0 Å². The molecule has 1 aliphatic rings. The molecule has 32 heavy (non-hydrogen) atoms. The molecule has 6 heteroatoms. The van der Waals surface area contributed by atoms with Crippen molar-refractivity contribution in [2.45, 2.75) is 39.3 Å². The highest BCUT2D eigenvalue weighted by molar-refractivity contribution is 5.54. The molecule has 0 aliphatic carbocycles. The maximum atomic E-state index is 13.2. The number of hydrogen-bond donors (Lipinski definition) is 1. The van der Waals surface area contributed by atoms with Gasteiger partial charge in [0.05, 0.1) is 11.3 Å². The van der Waals surface area contributed by atoms with Crippen LogP contribution in [0.25, 0.3) is 5.69 Å². The van der Waals surface area contributed by atoms with Crippen LogP contribution in [0.15, 0.2) is 59.5 Å². The first-order chi connectivity index (χ1) is 15.2. The van der Waals surface area contributed by atoms with Gasteiger partial charge in [0, 0.05) is 50.3 Å². The fraction of sp³-hybridized carbons (Fsp3) is 0.423. The predicted molar refractivity (Wildman–Crippen MR) is 130 cm³/mol. The van der Waals surface area contributed by atoms with E-state index in [-0.39, 0.29) is 5.69 Å². The third-order valence-electron chi connectivity index (χ3n) is 6.42. The summed E-state index contributed by atoms with van der Waals surface area (Å²) in [5, 5.41) is 10.2. The molecule has 1 N–H and O–H groups in total. The summed E-state index contributed by atoms with van der Waals surface area (Å²) in [4.78, 5) is 18.0. The van der Waals surface area contributed by atoms with E-state index < -0.39 is 5.60 Å². The van der Waals surface area contributed by atoms with Crippen LogP contribution in [0.4, 0.5) is 5.69 Å². The zero-order valence-corrected chi connectivity index (χ0v) is 19.6. The third kappa shape index (κ3) is 4.66. The highest BCUT2D eigenvalue weighted by Gasteiger charge is 2.18. The van der Waals surface area contributed by atoms with Gasteiger partial charge in [0.25, 0.3) is 0 Å². The second-order valence-electron chi connectivity index (χ2n) is 9.36. The van der Waals surface area contributed by atoms with Crippen LogP contribution < -0.4 is 10.6 Å². The Labute approximate surface area is 190 Å². The summed E-state index contributed by atoms with van der Waals surface area (Å²) in [6.45, 7) is 10.3. The Balaban J connectivity index is 1.53. The van der Waals surface area contributed by atoms with Crippen molar-refractivity contribution in [3.63, 3.8) is 0 Å². The summed E-state index contributed by atoms with van der Waals surface area (Å²) in [6.07, 6.45) is 2.74. The minimum atomic E-state index is -0.901. The average molecular weight is 435 g/mol. The molecule has 3 aromatic rings. The fourth-order valence-corrected chi connectivity index (χ4v) is 4.43. The van der Waals surface area contributed by atoms with E-state index in [1.165, 1.54) is 11.3 Å². The summed E-state index contributed by atoms with van der Waals surface area (Å²) in [6, 6.07) is 16.1. The molecule has 0 radical (unpaired) electrons. The normalized spacial score (nSPS) is 15.3. The first kappa shape index (κ1) is 22.4. The number of benzene rings is 2. The summed E-state index contributed by atoms with van der Waals surface area (Å²) in [5.74, 6) is 0. The van der Waals surface area contributed by atoms with E-state index in [0.29, 0.717) is 6.54 Å². The van der Waals surface area contributed by atoms with E-state index in [2.05, 4.69) is 41.1 Å². The summed E-state index contributed by atoms with van der Waals surface area (Å²) >= 11 is 0. The minimum Gasteiger partial charge on any atom is -0.386 e. The van der Waals surface area contributed by atoms with Gasteiger partial charge in [0.1, 0.15) is 0 Å². The SMILES string of the molecule is Cc1cn(CCc2ccccc2N2CCN(C)CC2)c(=O)n1-c1ccc(C(C)(C)O)cc1. The van der Waals surface area contributed by atoms with Crippen molar-refractivity contribution in [1.82, 2.24) is 14.0 Å². The second kappa shape index (κ2) is 8.96. The predicted octanol–water partition coefficient (Wildman–Crippen LogP) is 3.17. The highest BCUT2D eigenvalue weighted by atomic mass is 16.3. The fourth-order valence-electron chi connectivity index (χ4n) is 4.43. The van der Waals surface area contributed by atoms with Crippen LogP contribution in [0.1, 0.15) is 30.7 Å². The lowest BCUT2D eigenvalue weighted by atomic mass is 9.98. The van der Waals surface area contributed by atoms with Crippen molar-refractivity contribution in [3.05, 3.63) is 82.0 Å². The molecule has 0 atom stereocenters. The molecule has 1 aromatic heterocycles. The largest absolute Gasteiger partial charge is 0.386 e. The molecule has 0 unspecified atom stereocenters. The Hall–Kier alpha value is -2.83. The quantitative estimate of drug-likeness (QED) is 0.648. The number of anilines is 1. The van der Waals surface area contributed by atoms with E-state index in [1.54, 1.807) is 23.0 Å². The molecule has 1 saturated heterocycles. The van der Waals surface area contributed by atoms with Crippen molar-refractivity contribution < 1.29 is 5.11 Å². The van der Waals surface area contributed by atoms with E-state index in [1.807, 2.05) is 37.4 Å². The van der Waals surface area contributed by atoms with Crippen LogP contribution in [-0.2, 0) is 18.6 Å². The Morgan fingerprint density at radius 2 is 1.62 bits per heavy atom. The van der Waals surface area contributed by atoms with Gasteiger partial charge < -0.3 is 14.9 Å². The van der Waals surface area contributed by atoms with E-state index in [9.17, 15) is 9.90 Å². The summed E-state index contributed by atoms with van der Waals surface area (Å²) < 4.78 is 3.54. The molecule has 1 fully saturated rings. The maximum Gasteiger partial charge on any atom is 0.332 e. The van der Waals surface area contributed by atoms with Crippen molar-refractivity contribution in [2.24, 2.45) is 0 Å². The number of hydrogen-bond acceptors (Lipinski definition) is 4. The summed E-state index contributed by atoms with van der Waals surface area (Å²) in [5.41, 5.74) is 4.18. The number of aromatic nitrogens is 2. The number of imidazole rings is 1. The molecular weight excluding hydrogens is 400 g/mol. The first-order valence-corrected chi connectivity index (χ1v) is 11.4. The number of rotatable bonds is 6. The van der Waals surface area contributed by atoms with Crippen molar-refractivity contribution >= 4 is 5.69 Å². The van der Waals surface area contributed by atoms with Crippen molar-refractivity contribution in [2.75, 3.05) is 38.1 Å². The smallest absolute Gasteiger partial charge is 0.332 e. The number of nitrogens with zero attached hydrogens (tertiary/aromatic N) is 4. The molecular formula is C26H34N4O2. The van der Waals surface area contributed by atoms with Crippen LogP contribution in [0.2, 0.25) is 0 Å². The average Bonchev–Trinajstić information content (AvgIpc) is 3.05. The lowest BCUT2D eigenvalue weighted by molar-refractivity contribution is 0.0786.